The summed E-state index contributed by atoms with van der Waals surface area (Å²) in [5.41, 5.74) is 0. The molecule has 5 heteroatoms. The van der Waals surface area contributed by atoms with Crippen LogP contribution in [-0.4, -0.2) is 61.6 Å². The third kappa shape index (κ3) is 4.86. The Bertz CT molecular complexity index is 205. The van der Waals surface area contributed by atoms with Crippen molar-refractivity contribution >= 4 is 17.7 Å². The van der Waals surface area contributed by atoms with Crippen LogP contribution in [0, 0.1) is 0 Å². The molecule has 1 aliphatic heterocycles. The number of nitrogens with zero attached hydrogens (tertiary/aromatic N) is 1. The van der Waals surface area contributed by atoms with Crippen LogP contribution < -0.4 is 10.6 Å². The van der Waals surface area contributed by atoms with E-state index in [0.29, 0.717) is 0 Å². The zero-order chi connectivity index (χ0) is 11.3. The number of nitrogens with one attached hydrogen (secondary N) is 2. The summed E-state index contributed by atoms with van der Waals surface area (Å²) < 4.78 is 0. The van der Waals surface area contributed by atoms with Crippen molar-refractivity contribution in [3.05, 3.63) is 0 Å². The molecule has 2 unspecified atom stereocenters. The highest BCUT2D eigenvalue weighted by Crippen LogP contribution is 2.07. The standard InChI is InChI=1S/C10H21N3OS/c1-8(6-13(2)3)12-10(14)9-7-15-5-4-11-9/h8-9,11H,4-7H2,1-3H3,(H,12,14). The zero-order valence-corrected chi connectivity index (χ0v) is 10.6. The fourth-order valence-electron chi connectivity index (χ4n) is 1.67. The van der Waals surface area contributed by atoms with E-state index >= 15 is 0 Å². The summed E-state index contributed by atoms with van der Waals surface area (Å²) in [6, 6.07) is 0.203. The van der Waals surface area contributed by atoms with E-state index in [9.17, 15) is 4.79 Å². The summed E-state index contributed by atoms with van der Waals surface area (Å²) in [7, 11) is 4.02. The molecule has 0 bridgehead atoms. The Kier molecular flexibility index (Phi) is 5.42. The van der Waals surface area contributed by atoms with Gasteiger partial charge >= 0.3 is 0 Å². The summed E-state index contributed by atoms with van der Waals surface area (Å²) in [4.78, 5) is 13.9. The molecule has 0 radical (unpaired) electrons. The molecule has 1 fully saturated rings. The molecule has 2 N–H and O–H groups in total. The number of rotatable bonds is 4. The van der Waals surface area contributed by atoms with Crippen LogP contribution in [0.15, 0.2) is 0 Å². The minimum atomic E-state index is -0.00615. The maximum Gasteiger partial charge on any atom is 0.238 e. The molecule has 0 aromatic carbocycles. The molecule has 0 aromatic heterocycles. The summed E-state index contributed by atoms with van der Waals surface area (Å²) in [5, 5.41) is 6.26. The third-order valence-corrected chi connectivity index (χ3v) is 3.33. The molecule has 4 nitrogen and oxygen atoms in total. The second kappa shape index (κ2) is 6.35. The first-order valence-corrected chi connectivity index (χ1v) is 6.51. The van der Waals surface area contributed by atoms with Crippen molar-refractivity contribution in [3.63, 3.8) is 0 Å². The van der Waals surface area contributed by atoms with Crippen molar-refractivity contribution < 1.29 is 4.79 Å². The number of likely N-dealkylation sites (N-methyl/N-ethyl adjacent to an activating group) is 1. The molecule has 1 saturated heterocycles. The largest absolute Gasteiger partial charge is 0.351 e. The van der Waals surface area contributed by atoms with E-state index in [1.807, 2.05) is 32.8 Å². The van der Waals surface area contributed by atoms with E-state index in [-0.39, 0.29) is 18.0 Å². The van der Waals surface area contributed by atoms with Gasteiger partial charge in [0.1, 0.15) is 0 Å². The maximum absolute atomic E-state index is 11.8. The first kappa shape index (κ1) is 12.8. The normalized spacial score (nSPS) is 23.9. The van der Waals surface area contributed by atoms with Gasteiger partial charge in [0, 0.05) is 30.6 Å². The second-order valence-electron chi connectivity index (χ2n) is 4.25. The maximum atomic E-state index is 11.8. The van der Waals surface area contributed by atoms with Crippen LogP contribution in [0.3, 0.4) is 0 Å². The highest BCUT2D eigenvalue weighted by molar-refractivity contribution is 7.99. The second-order valence-corrected chi connectivity index (χ2v) is 5.40. The summed E-state index contributed by atoms with van der Waals surface area (Å²) in [5.74, 6) is 2.13. The SMILES string of the molecule is CC(CN(C)C)NC(=O)C1CSCCN1. The van der Waals surface area contributed by atoms with Crippen LogP contribution in [0.4, 0.5) is 0 Å². The van der Waals surface area contributed by atoms with Gasteiger partial charge in [-0.25, -0.2) is 0 Å². The fraction of sp³-hybridized carbons (Fsp3) is 0.900. The van der Waals surface area contributed by atoms with E-state index in [1.54, 1.807) is 0 Å². The minimum absolute atomic E-state index is 0.00615. The lowest BCUT2D eigenvalue weighted by Gasteiger charge is -2.25. The lowest BCUT2D eigenvalue weighted by atomic mass is 10.2. The molecule has 2 atom stereocenters. The van der Waals surface area contributed by atoms with E-state index < -0.39 is 0 Å². The number of carbonyl (C=O) groups excluding carboxylic acids is 1. The molecule has 88 valence electrons. The Morgan fingerprint density at radius 3 is 2.93 bits per heavy atom. The Hall–Kier alpha value is -0.260. The molecule has 1 aliphatic rings. The van der Waals surface area contributed by atoms with Crippen LogP contribution in [0.2, 0.25) is 0 Å². The lowest BCUT2D eigenvalue weighted by Crippen LogP contribution is -2.52. The number of hydrogen-bond acceptors (Lipinski definition) is 4. The molecule has 1 amide bonds. The predicted octanol–water partition coefficient (Wildman–Crippen LogP) is -0.242. The first-order chi connectivity index (χ1) is 7.09. The Balaban J connectivity index is 2.27. The molecule has 0 saturated carbocycles. The number of hydrogen-bond donors (Lipinski definition) is 2. The van der Waals surface area contributed by atoms with Crippen molar-refractivity contribution in [2.24, 2.45) is 0 Å². The van der Waals surface area contributed by atoms with Crippen molar-refractivity contribution in [2.45, 2.75) is 19.0 Å². The highest BCUT2D eigenvalue weighted by atomic mass is 32.2. The first-order valence-electron chi connectivity index (χ1n) is 5.36. The number of thioether (sulfide) groups is 1. The van der Waals surface area contributed by atoms with E-state index in [4.69, 9.17) is 0 Å². The van der Waals surface area contributed by atoms with E-state index in [1.165, 1.54) is 0 Å². The highest BCUT2D eigenvalue weighted by Gasteiger charge is 2.21. The molecule has 0 aromatic rings. The Labute approximate surface area is 96.2 Å². The van der Waals surface area contributed by atoms with Crippen molar-refractivity contribution in [1.82, 2.24) is 15.5 Å². The quantitative estimate of drug-likeness (QED) is 0.701. The summed E-state index contributed by atoms with van der Waals surface area (Å²) in [6.45, 7) is 3.85. The van der Waals surface area contributed by atoms with Crippen molar-refractivity contribution in [3.8, 4) is 0 Å². The van der Waals surface area contributed by atoms with Crippen molar-refractivity contribution in [1.29, 1.82) is 0 Å². The van der Waals surface area contributed by atoms with Gasteiger partial charge in [-0.3, -0.25) is 4.79 Å². The monoisotopic (exact) mass is 231 g/mol. The Morgan fingerprint density at radius 1 is 1.67 bits per heavy atom. The molecular formula is C10H21N3OS. The number of carbonyl (C=O) groups is 1. The molecule has 1 rings (SSSR count). The van der Waals surface area contributed by atoms with Gasteiger partial charge in [0.15, 0.2) is 0 Å². The lowest BCUT2D eigenvalue weighted by molar-refractivity contribution is -0.123. The molecule has 0 aliphatic carbocycles. The van der Waals surface area contributed by atoms with Crippen LogP contribution >= 0.6 is 11.8 Å². The van der Waals surface area contributed by atoms with E-state index in [2.05, 4.69) is 15.5 Å². The summed E-state index contributed by atoms with van der Waals surface area (Å²) in [6.07, 6.45) is 0. The molecule has 1 heterocycles. The smallest absolute Gasteiger partial charge is 0.238 e. The average Bonchev–Trinajstić information content (AvgIpc) is 2.17. The van der Waals surface area contributed by atoms with Gasteiger partial charge < -0.3 is 15.5 Å². The molecule has 15 heavy (non-hydrogen) atoms. The zero-order valence-electron chi connectivity index (χ0n) is 9.75. The minimum Gasteiger partial charge on any atom is -0.351 e. The van der Waals surface area contributed by atoms with Crippen molar-refractivity contribution in [2.75, 3.05) is 38.7 Å². The molecular weight excluding hydrogens is 210 g/mol. The van der Waals surface area contributed by atoms with Crippen LogP contribution in [-0.2, 0) is 4.79 Å². The van der Waals surface area contributed by atoms with Gasteiger partial charge in [0.25, 0.3) is 0 Å². The van der Waals surface area contributed by atoms with Gasteiger partial charge in [0.2, 0.25) is 5.91 Å². The van der Waals surface area contributed by atoms with E-state index in [0.717, 1.165) is 24.6 Å². The van der Waals surface area contributed by atoms with Crippen LogP contribution in [0.5, 0.6) is 0 Å². The fourth-order valence-corrected chi connectivity index (χ4v) is 2.60. The van der Waals surface area contributed by atoms with Gasteiger partial charge in [-0.05, 0) is 21.0 Å². The average molecular weight is 231 g/mol. The summed E-state index contributed by atoms with van der Waals surface area (Å²) >= 11 is 1.84. The third-order valence-electron chi connectivity index (χ3n) is 2.27. The number of amides is 1. The molecule has 0 spiro atoms. The van der Waals surface area contributed by atoms with Crippen LogP contribution in [0.1, 0.15) is 6.92 Å². The van der Waals surface area contributed by atoms with Gasteiger partial charge in [-0.15, -0.1) is 0 Å². The van der Waals surface area contributed by atoms with Gasteiger partial charge in [-0.2, -0.15) is 11.8 Å². The topological polar surface area (TPSA) is 44.4 Å². The van der Waals surface area contributed by atoms with Gasteiger partial charge in [-0.1, -0.05) is 0 Å². The Morgan fingerprint density at radius 2 is 2.40 bits per heavy atom. The van der Waals surface area contributed by atoms with Crippen LogP contribution in [0.25, 0.3) is 0 Å². The predicted molar refractivity (Wildman–Crippen MR) is 65.3 cm³/mol. The van der Waals surface area contributed by atoms with Gasteiger partial charge in [0.05, 0.1) is 6.04 Å².